The molecule has 0 aliphatic carbocycles. The third kappa shape index (κ3) is 4.56. The van der Waals surface area contributed by atoms with Crippen molar-refractivity contribution in [3.05, 3.63) is 23.8 Å². The average Bonchev–Trinajstić information content (AvgIpc) is 2.28. The zero-order chi connectivity index (χ0) is 12.7. The summed E-state index contributed by atoms with van der Waals surface area (Å²) in [6.45, 7) is 2.61. The molecule has 0 saturated carbocycles. The summed E-state index contributed by atoms with van der Waals surface area (Å²) in [6.07, 6.45) is 0.895. The van der Waals surface area contributed by atoms with Crippen LogP contribution in [0.5, 0.6) is 5.75 Å². The Morgan fingerprint density at radius 1 is 1.53 bits per heavy atom. The standard InChI is InChI=1S/C12H17NO3S/c1-2-17-7-3-6-16-11-8-9(13)4-5-10(11)12(14)15/h4-5,8H,2-3,6-7,13H2,1H3,(H,14,15). The van der Waals surface area contributed by atoms with Crippen molar-refractivity contribution in [1.82, 2.24) is 0 Å². The molecule has 1 aromatic rings. The number of hydrogen-bond donors (Lipinski definition) is 2. The molecule has 3 N–H and O–H groups in total. The molecule has 0 atom stereocenters. The Morgan fingerprint density at radius 3 is 2.94 bits per heavy atom. The largest absolute Gasteiger partial charge is 0.493 e. The number of nitrogens with two attached hydrogens (primary N) is 1. The van der Waals surface area contributed by atoms with Gasteiger partial charge in [0.05, 0.1) is 6.61 Å². The highest BCUT2D eigenvalue weighted by atomic mass is 32.2. The third-order valence-corrected chi connectivity index (χ3v) is 3.12. The van der Waals surface area contributed by atoms with Crippen LogP contribution in [0.3, 0.4) is 0 Å². The molecule has 4 nitrogen and oxygen atoms in total. The van der Waals surface area contributed by atoms with E-state index in [1.54, 1.807) is 12.1 Å². The number of thioether (sulfide) groups is 1. The molecule has 0 aliphatic rings. The quantitative estimate of drug-likeness (QED) is 0.578. The number of carbonyl (C=O) groups is 1. The van der Waals surface area contributed by atoms with Gasteiger partial charge in [-0.05, 0) is 30.1 Å². The van der Waals surface area contributed by atoms with Gasteiger partial charge in [0, 0.05) is 11.8 Å². The summed E-state index contributed by atoms with van der Waals surface area (Å²) in [4.78, 5) is 10.9. The lowest BCUT2D eigenvalue weighted by molar-refractivity contribution is 0.0692. The molecular formula is C12H17NO3S. The van der Waals surface area contributed by atoms with Crippen molar-refractivity contribution in [1.29, 1.82) is 0 Å². The van der Waals surface area contributed by atoms with E-state index in [1.807, 2.05) is 11.8 Å². The van der Waals surface area contributed by atoms with Gasteiger partial charge in [-0.3, -0.25) is 0 Å². The maximum atomic E-state index is 10.9. The normalized spacial score (nSPS) is 10.2. The van der Waals surface area contributed by atoms with Crippen molar-refractivity contribution in [3.8, 4) is 5.75 Å². The summed E-state index contributed by atoms with van der Waals surface area (Å²) in [6, 6.07) is 4.58. The molecule has 94 valence electrons. The minimum absolute atomic E-state index is 0.155. The second-order valence-electron chi connectivity index (χ2n) is 3.46. The van der Waals surface area contributed by atoms with Crippen LogP contribution < -0.4 is 10.5 Å². The number of ether oxygens (including phenoxy) is 1. The molecule has 0 bridgehead atoms. The fourth-order valence-electron chi connectivity index (χ4n) is 1.32. The number of carboxylic acid groups (broad SMARTS) is 1. The first kappa shape index (κ1) is 13.7. The zero-order valence-electron chi connectivity index (χ0n) is 9.81. The van der Waals surface area contributed by atoms with E-state index >= 15 is 0 Å². The molecular weight excluding hydrogens is 238 g/mol. The maximum Gasteiger partial charge on any atom is 0.339 e. The molecule has 0 radical (unpaired) electrons. The topological polar surface area (TPSA) is 72.5 Å². The van der Waals surface area contributed by atoms with Gasteiger partial charge in [-0.15, -0.1) is 0 Å². The Balaban J connectivity index is 2.56. The molecule has 1 rings (SSSR count). The van der Waals surface area contributed by atoms with Gasteiger partial charge in [0.2, 0.25) is 0 Å². The highest BCUT2D eigenvalue weighted by molar-refractivity contribution is 7.99. The Kier molecular flexibility index (Phi) is 5.69. The third-order valence-electron chi connectivity index (χ3n) is 2.13. The first-order chi connectivity index (χ1) is 8.15. The van der Waals surface area contributed by atoms with Crippen LogP contribution in [0.4, 0.5) is 5.69 Å². The van der Waals surface area contributed by atoms with E-state index in [-0.39, 0.29) is 5.56 Å². The van der Waals surface area contributed by atoms with Gasteiger partial charge in [-0.1, -0.05) is 6.92 Å². The minimum atomic E-state index is -0.997. The first-order valence-electron chi connectivity index (χ1n) is 5.48. The number of nitrogen functional groups attached to an aromatic ring is 1. The fourth-order valence-corrected chi connectivity index (χ4v) is 1.93. The van der Waals surface area contributed by atoms with E-state index in [0.717, 1.165) is 17.9 Å². The van der Waals surface area contributed by atoms with Crippen LogP contribution in [0.1, 0.15) is 23.7 Å². The van der Waals surface area contributed by atoms with Crippen molar-refractivity contribution in [3.63, 3.8) is 0 Å². The molecule has 5 heteroatoms. The average molecular weight is 255 g/mol. The number of carboxylic acids is 1. The summed E-state index contributed by atoms with van der Waals surface area (Å²) in [5.74, 6) is 1.45. The smallest absolute Gasteiger partial charge is 0.339 e. The Labute approximate surface area is 105 Å². The molecule has 0 saturated heterocycles. The number of benzene rings is 1. The molecule has 0 aliphatic heterocycles. The molecule has 17 heavy (non-hydrogen) atoms. The minimum Gasteiger partial charge on any atom is -0.493 e. The van der Waals surface area contributed by atoms with Crippen LogP contribution in [0.15, 0.2) is 18.2 Å². The summed E-state index contributed by atoms with van der Waals surface area (Å²) < 4.78 is 5.45. The summed E-state index contributed by atoms with van der Waals surface area (Å²) in [7, 11) is 0. The van der Waals surface area contributed by atoms with Gasteiger partial charge in [-0.25, -0.2) is 4.79 Å². The van der Waals surface area contributed by atoms with Crippen molar-refractivity contribution in [2.24, 2.45) is 0 Å². The fraction of sp³-hybridized carbons (Fsp3) is 0.417. The van der Waals surface area contributed by atoms with Crippen LogP contribution in [-0.4, -0.2) is 29.2 Å². The van der Waals surface area contributed by atoms with E-state index in [4.69, 9.17) is 15.6 Å². The van der Waals surface area contributed by atoms with Crippen LogP contribution >= 0.6 is 11.8 Å². The molecule has 0 fully saturated rings. The van der Waals surface area contributed by atoms with Crippen LogP contribution in [0.2, 0.25) is 0 Å². The zero-order valence-corrected chi connectivity index (χ0v) is 10.6. The van der Waals surface area contributed by atoms with Gasteiger partial charge in [0.15, 0.2) is 0 Å². The first-order valence-corrected chi connectivity index (χ1v) is 6.64. The summed E-state index contributed by atoms with van der Waals surface area (Å²) >= 11 is 1.84. The van der Waals surface area contributed by atoms with Gasteiger partial charge < -0.3 is 15.6 Å². The summed E-state index contributed by atoms with van der Waals surface area (Å²) in [5.41, 5.74) is 6.26. The number of hydrogen-bond acceptors (Lipinski definition) is 4. The second-order valence-corrected chi connectivity index (χ2v) is 4.85. The SMILES string of the molecule is CCSCCCOc1cc(N)ccc1C(=O)O. The summed E-state index contributed by atoms with van der Waals surface area (Å²) in [5, 5.41) is 8.97. The van der Waals surface area contributed by atoms with Crippen LogP contribution in [0, 0.1) is 0 Å². The maximum absolute atomic E-state index is 10.9. The molecule has 0 spiro atoms. The lowest BCUT2D eigenvalue weighted by Crippen LogP contribution is -2.06. The highest BCUT2D eigenvalue weighted by Gasteiger charge is 2.11. The van der Waals surface area contributed by atoms with Crippen molar-refractivity contribution >= 4 is 23.4 Å². The van der Waals surface area contributed by atoms with E-state index in [1.165, 1.54) is 6.07 Å². The van der Waals surface area contributed by atoms with Crippen molar-refractivity contribution in [2.75, 3.05) is 23.8 Å². The predicted molar refractivity (Wildman–Crippen MR) is 70.9 cm³/mol. The molecule has 0 unspecified atom stereocenters. The monoisotopic (exact) mass is 255 g/mol. The van der Waals surface area contributed by atoms with Gasteiger partial charge in [0.25, 0.3) is 0 Å². The number of aromatic carboxylic acids is 1. The lowest BCUT2D eigenvalue weighted by Gasteiger charge is -2.09. The number of rotatable bonds is 7. The van der Waals surface area contributed by atoms with Crippen LogP contribution in [0.25, 0.3) is 0 Å². The van der Waals surface area contributed by atoms with Gasteiger partial charge in [-0.2, -0.15) is 11.8 Å². The predicted octanol–water partition coefficient (Wildman–Crippen LogP) is 2.49. The molecule has 0 heterocycles. The molecule has 0 aromatic heterocycles. The van der Waals surface area contributed by atoms with E-state index in [2.05, 4.69) is 6.92 Å². The van der Waals surface area contributed by atoms with Crippen LogP contribution in [-0.2, 0) is 0 Å². The van der Waals surface area contributed by atoms with Crippen molar-refractivity contribution in [2.45, 2.75) is 13.3 Å². The Bertz CT molecular complexity index is 382. The van der Waals surface area contributed by atoms with Crippen molar-refractivity contribution < 1.29 is 14.6 Å². The molecule has 1 aromatic carbocycles. The van der Waals surface area contributed by atoms with E-state index < -0.39 is 5.97 Å². The van der Waals surface area contributed by atoms with E-state index in [0.29, 0.717) is 18.0 Å². The lowest BCUT2D eigenvalue weighted by atomic mass is 10.2. The van der Waals surface area contributed by atoms with Gasteiger partial charge in [0.1, 0.15) is 11.3 Å². The van der Waals surface area contributed by atoms with Gasteiger partial charge >= 0.3 is 5.97 Å². The Hall–Kier alpha value is -1.36. The van der Waals surface area contributed by atoms with E-state index in [9.17, 15) is 4.79 Å². The molecule has 0 amide bonds. The highest BCUT2D eigenvalue weighted by Crippen LogP contribution is 2.22. The second kappa shape index (κ2) is 7.06. The Morgan fingerprint density at radius 2 is 2.29 bits per heavy atom. The number of anilines is 1.